The smallest absolute Gasteiger partial charge is 0.0464 e. The van der Waals surface area contributed by atoms with Gasteiger partial charge in [-0.05, 0) is 146 Å². The Hall–Kier alpha value is -5.34. The topological polar surface area (TPSA) is 6.48 Å². The van der Waals surface area contributed by atoms with Crippen LogP contribution in [0.3, 0.4) is 0 Å². The Kier molecular flexibility index (Phi) is 11.6. The van der Waals surface area contributed by atoms with Crippen molar-refractivity contribution in [1.29, 1.82) is 0 Å². The molecule has 6 aromatic rings. The van der Waals surface area contributed by atoms with Gasteiger partial charge in [0.15, 0.2) is 0 Å². The van der Waals surface area contributed by atoms with Gasteiger partial charge in [0, 0.05) is 34.1 Å². The van der Waals surface area contributed by atoms with E-state index in [1.54, 1.807) is 0 Å². The Morgan fingerprint density at radius 1 is 0.400 bits per heavy atom. The molecular formula is C48H50N2. The van der Waals surface area contributed by atoms with Crippen molar-refractivity contribution in [2.24, 2.45) is 0 Å². The largest absolute Gasteiger partial charge is 0.310 e. The molecule has 2 heteroatoms. The molecule has 0 bridgehead atoms. The monoisotopic (exact) mass is 654 g/mol. The van der Waals surface area contributed by atoms with Crippen molar-refractivity contribution in [1.82, 2.24) is 0 Å². The first-order chi connectivity index (χ1) is 24.5. The van der Waals surface area contributed by atoms with Crippen molar-refractivity contribution >= 4 is 46.3 Å². The molecule has 0 spiro atoms. The van der Waals surface area contributed by atoms with Gasteiger partial charge in [-0.25, -0.2) is 0 Å². The summed E-state index contributed by atoms with van der Waals surface area (Å²) in [6.45, 7) is 8.81. The van der Waals surface area contributed by atoms with Crippen LogP contribution in [0.25, 0.3) is 12.2 Å². The van der Waals surface area contributed by atoms with Gasteiger partial charge in [0.25, 0.3) is 0 Å². The fourth-order valence-corrected chi connectivity index (χ4v) is 6.48. The predicted octanol–water partition coefficient (Wildman–Crippen LogP) is 14.1. The molecule has 0 fully saturated rings. The number of hydrogen-bond donors (Lipinski definition) is 0. The van der Waals surface area contributed by atoms with Crippen LogP contribution in [0, 0.1) is 13.8 Å². The number of anilines is 6. The average molecular weight is 655 g/mol. The zero-order valence-corrected chi connectivity index (χ0v) is 30.1. The summed E-state index contributed by atoms with van der Waals surface area (Å²) >= 11 is 0. The molecule has 0 aromatic heterocycles. The summed E-state index contributed by atoms with van der Waals surface area (Å²) in [5.74, 6) is 0. The van der Waals surface area contributed by atoms with E-state index in [-0.39, 0.29) is 0 Å². The normalized spacial score (nSPS) is 11.2. The van der Waals surface area contributed by atoms with Gasteiger partial charge < -0.3 is 9.80 Å². The number of benzene rings is 6. The van der Waals surface area contributed by atoms with Crippen molar-refractivity contribution in [2.45, 2.75) is 66.2 Å². The Balaban J connectivity index is 1.22. The Bertz CT molecular complexity index is 1820. The van der Waals surface area contributed by atoms with Crippen molar-refractivity contribution in [3.8, 4) is 0 Å². The molecule has 6 aromatic carbocycles. The van der Waals surface area contributed by atoms with E-state index < -0.39 is 0 Å². The van der Waals surface area contributed by atoms with E-state index in [9.17, 15) is 0 Å². The van der Waals surface area contributed by atoms with Crippen molar-refractivity contribution in [2.75, 3.05) is 9.80 Å². The molecule has 0 unspecified atom stereocenters. The number of hydrogen-bond acceptors (Lipinski definition) is 2. The van der Waals surface area contributed by atoms with Gasteiger partial charge in [-0.15, -0.1) is 0 Å². The van der Waals surface area contributed by atoms with E-state index in [0.29, 0.717) is 0 Å². The van der Waals surface area contributed by atoms with Gasteiger partial charge in [-0.2, -0.15) is 0 Å². The molecule has 0 amide bonds. The standard InChI is InChI=1S/C48H50N2/c1-5-7-13-39-19-27-43(28-20-39)49(47-15-9-11-37(3)35-47)45-31-23-41(24-32-45)17-18-42-25-33-46(34-26-42)50(48-16-10-12-38(4)36-48)44-29-21-40(22-30-44)14-8-6-2/h9-12,15-36H,5-8,13-14H2,1-4H3/b18-17+. The molecule has 2 nitrogen and oxygen atoms in total. The van der Waals surface area contributed by atoms with Crippen LogP contribution in [0.4, 0.5) is 34.1 Å². The van der Waals surface area contributed by atoms with Gasteiger partial charge >= 0.3 is 0 Å². The highest BCUT2D eigenvalue weighted by Gasteiger charge is 2.14. The maximum absolute atomic E-state index is 2.35. The maximum atomic E-state index is 2.35. The van der Waals surface area contributed by atoms with Crippen molar-refractivity contribution in [3.63, 3.8) is 0 Å². The predicted molar refractivity (Wildman–Crippen MR) is 218 cm³/mol. The molecule has 6 rings (SSSR count). The zero-order valence-electron chi connectivity index (χ0n) is 30.1. The van der Waals surface area contributed by atoms with E-state index in [2.05, 4.69) is 195 Å². The van der Waals surface area contributed by atoms with Crippen LogP contribution in [0.1, 0.15) is 72.9 Å². The summed E-state index contributed by atoms with van der Waals surface area (Å²) < 4.78 is 0. The minimum Gasteiger partial charge on any atom is -0.310 e. The lowest BCUT2D eigenvalue weighted by molar-refractivity contribution is 0.795. The van der Waals surface area contributed by atoms with Crippen LogP contribution in [0.2, 0.25) is 0 Å². The fourth-order valence-electron chi connectivity index (χ4n) is 6.48. The Morgan fingerprint density at radius 2 is 0.740 bits per heavy atom. The van der Waals surface area contributed by atoms with E-state index >= 15 is 0 Å². The minimum absolute atomic E-state index is 1.13. The highest BCUT2D eigenvalue weighted by atomic mass is 15.1. The molecule has 0 aliphatic heterocycles. The van der Waals surface area contributed by atoms with Crippen LogP contribution in [-0.4, -0.2) is 0 Å². The first-order valence-electron chi connectivity index (χ1n) is 18.3. The third kappa shape index (κ3) is 8.81. The zero-order chi connectivity index (χ0) is 34.7. The molecule has 0 heterocycles. The first kappa shape index (κ1) is 34.5. The third-order valence-corrected chi connectivity index (χ3v) is 9.32. The second-order valence-corrected chi connectivity index (χ2v) is 13.4. The van der Waals surface area contributed by atoms with Gasteiger partial charge in [0.05, 0.1) is 0 Å². The number of unbranched alkanes of at least 4 members (excludes halogenated alkanes) is 2. The number of rotatable bonds is 14. The lowest BCUT2D eigenvalue weighted by atomic mass is 10.1. The van der Waals surface area contributed by atoms with E-state index in [0.717, 1.165) is 24.2 Å². The van der Waals surface area contributed by atoms with E-state index in [1.807, 2.05) is 0 Å². The summed E-state index contributed by atoms with van der Waals surface area (Å²) in [5, 5.41) is 0. The molecule has 0 N–H and O–H groups in total. The minimum atomic E-state index is 1.13. The molecule has 0 saturated heterocycles. The van der Waals surface area contributed by atoms with Crippen LogP contribution >= 0.6 is 0 Å². The third-order valence-electron chi connectivity index (χ3n) is 9.32. The van der Waals surface area contributed by atoms with Crippen molar-refractivity contribution < 1.29 is 0 Å². The second kappa shape index (κ2) is 16.9. The lowest BCUT2D eigenvalue weighted by Crippen LogP contribution is -2.10. The highest BCUT2D eigenvalue weighted by Crippen LogP contribution is 2.37. The summed E-state index contributed by atoms with van der Waals surface area (Å²) in [4.78, 5) is 4.70. The maximum Gasteiger partial charge on any atom is 0.0464 e. The number of nitrogens with zero attached hydrogens (tertiary/aromatic N) is 2. The Morgan fingerprint density at radius 3 is 1.06 bits per heavy atom. The van der Waals surface area contributed by atoms with Gasteiger partial charge in [0.2, 0.25) is 0 Å². The summed E-state index contributed by atoms with van der Waals surface area (Å²) in [6, 6.07) is 53.4. The molecule has 0 aliphatic rings. The summed E-state index contributed by atoms with van der Waals surface area (Å²) in [7, 11) is 0. The molecular weight excluding hydrogens is 605 g/mol. The van der Waals surface area contributed by atoms with Crippen LogP contribution in [-0.2, 0) is 12.8 Å². The quantitative estimate of drug-likeness (QED) is 0.108. The van der Waals surface area contributed by atoms with Gasteiger partial charge in [0.1, 0.15) is 0 Å². The van der Waals surface area contributed by atoms with E-state index in [1.165, 1.54) is 81.8 Å². The lowest BCUT2D eigenvalue weighted by Gasteiger charge is -2.26. The fraction of sp³-hybridized carbons (Fsp3) is 0.208. The van der Waals surface area contributed by atoms with E-state index in [4.69, 9.17) is 0 Å². The molecule has 0 aliphatic carbocycles. The average Bonchev–Trinajstić information content (AvgIpc) is 3.15. The summed E-state index contributed by atoms with van der Waals surface area (Å²) in [6.07, 6.45) is 11.5. The molecule has 50 heavy (non-hydrogen) atoms. The van der Waals surface area contributed by atoms with Crippen LogP contribution in [0.15, 0.2) is 146 Å². The second-order valence-electron chi connectivity index (χ2n) is 13.4. The van der Waals surface area contributed by atoms with Crippen LogP contribution in [0.5, 0.6) is 0 Å². The molecule has 252 valence electrons. The molecule has 0 saturated carbocycles. The van der Waals surface area contributed by atoms with Crippen molar-refractivity contribution in [3.05, 3.63) is 179 Å². The molecule has 0 radical (unpaired) electrons. The Labute approximate surface area is 300 Å². The highest BCUT2D eigenvalue weighted by molar-refractivity contribution is 5.80. The SMILES string of the molecule is CCCCc1ccc(N(c2ccc(/C=C/c3ccc(N(c4ccc(CCCC)cc4)c4cccc(C)c4)cc3)cc2)c2cccc(C)c2)cc1. The van der Waals surface area contributed by atoms with Gasteiger partial charge in [-0.3, -0.25) is 0 Å². The first-order valence-corrected chi connectivity index (χ1v) is 18.3. The number of aryl methyl sites for hydroxylation is 4. The van der Waals surface area contributed by atoms with Crippen LogP contribution < -0.4 is 9.80 Å². The summed E-state index contributed by atoms with van der Waals surface area (Å²) in [5.41, 5.74) is 14.6. The molecule has 0 atom stereocenters. The van der Waals surface area contributed by atoms with Gasteiger partial charge in [-0.1, -0.05) is 112 Å².